The van der Waals surface area contributed by atoms with Crippen LogP contribution < -0.4 is 5.32 Å². The van der Waals surface area contributed by atoms with Gasteiger partial charge >= 0.3 is 0 Å². The van der Waals surface area contributed by atoms with Gasteiger partial charge in [-0.15, -0.1) is 0 Å². The third-order valence-corrected chi connectivity index (χ3v) is 2.68. The quantitative estimate of drug-likeness (QED) is 0.774. The van der Waals surface area contributed by atoms with Crippen molar-refractivity contribution in [2.24, 2.45) is 5.92 Å². The lowest BCUT2D eigenvalue weighted by Crippen LogP contribution is -2.38. The highest BCUT2D eigenvalue weighted by Crippen LogP contribution is 2.05. The molecule has 0 aliphatic heterocycles. The van der Waals surface area contributed by atoms with Crippen molar-refractivity contribution in [1.29, 1.82) is 0 Å². The van der Waals surface area contributed by atoms with E-state index in [2.05, 4.69) is 5.32 Å². The number of Topliss-reactive ketones (excluding diaryl/α,β-unsaturated/α-hetero) is 1. The van der Waals surface area contributed by atoms with Crippen LogP contribution in [0.4, 0.5) is 4.39 Å². The standard InChI is InChI=1S/C15H21FN2O2/c1-11(2)8-17-15(20)10-18(3)9-14(19)12-5-4-6-13(16)7-12/h4-7,11H,8-10H2,1-3H3,(H,17,20). The molecular weight excluding hydrogens is 259 g/mol. The van der Waals surface area contributed by atoms with Crippen LogP contribution in [-0.2, 0) is 4.79 Å². The zero-order valence-corrected chi connectivity index (χ0v) is 12.1. The Morgan fingerprint density at radius 2 is 2.00 bits per heavy atom. The molecule has 0 atom stereocenters. The van der Waals surface area contributed by atoms with Gasteiger partial charge in [-0.3, -0.25) is 14.5 Å². The molecule has 1 N–H and O–H groups in total. The summed E-state index contributed by atoms with van der Waals surface area (Å²) in [6.45, 7) is 4.87. The molecule has 0 fully saturated rings. The minimum absolute atomic E-state index is 0.0819. The van der Waals surface area contributed by atoms with Crippen LogP contribution in [0.5, 0.6) is 0 Å². The van der Waals surface area contributed by atoms with Crippen molar-refractivity contribution in [3.8, 4) is 0 Å². The predicted octanol–water partition coefficient (Wildman–Crippen LogP) is 1.71. The minimum Gasteiger partial charge on any atom is -0.355 e. The first-order valence-electron chi connectivity index (χ1n) is 6.62. The second-order valence-corrected chi connectivity index (χ2v) is 5.30. The van der Waals surface area contributed by atoms with Crippen molar-refractivity contribution in [2.75, 3.05) is 26.7 Å². The maximum atomic E-state index is 13.0. The van der Waals surface area contributed by atoms with Crippen molar-refractivity contribution in [3.05, 3.63) is 35.6 Å². The molecule has 110 valence electrons. The van der Waals surface area contributed by atoms with Gasteiger partial charge < -0.3 is 5.32 Å². The average molecular weight is 280 g/mol. The number of carbonyl (C=O) groups excluding carboxylic acids is 2. The van der Waals surface area contributed by atoms with Crippen LogP contribution in [-0.4, -0.2) is 43.3 Å². The fourth-order valence-electron chi connectivity index (χ4n) is 1.67. The third kappa shape index (κ3) is 5.93. The summed E-state index contributed by atoms with van der Waals surface area (Å²) >= 11 is 0. The molecule has 0 aromatic heterocycles. The number of benzene rings is 1. The van der Waals surface area contributed by atoms with E-state index < -0.39 is 5.82 Å². The molecule has 0 bridgehead atoms. The van der Waals surface area contributed by atoms with E-state index in [0.29, 0.717) is 18.0 Å². The second-order valence-electron chi connectivity index (χ2n) is 5.30. The lowest BCUT2D eigenvalue weighted by molar-refractivity contribution is -0.121. The van der Waals surface area contributed by atoms with Crippen LogP contribution in [0, 0.1) is 11.7 Å². The Morgan fingerprint density at radius 3 is 2.60 bits per heavy atom. The monoisotopic (exact) mass is 280 g/mol. The molecule has 1 aromatic rings. The van der Waals surface area contributed by atoms with Crippen molar-refractivity contribution in [3.63, 3.8) is 0 Å². The molecule has 0 unspecified atom stereocenters. The number of nitrogens with zero attached hydrogens (tertiary/aromatic N) is 1. The third-order valence-electron chi connectivity index (χ3n) is 2.68. The van der Waals surface area contributed by atoms with Crippen molar-refractivity contribution in [2.45, 2.75) is 13.8 Å². The SMILES string of the molecule is CC(C)CNC(=O)CN(C)CC(=O)c1cccc(F)c1. The molecule has 0 saturated heterocycles. The van der Waals surface area contributed by atoms with Crippen LogP contribution in [0.15, 0.2) is 24.3 Å². The summed E-state index contributed by atoms with van der Waals surface area (Å²) in [6.07, 6.45) is 0. The maximum absolute atomic E-state index is 13.0. The van der Waals surface area contributed by atoms with Gasteiger partial charge in [0.25, 0.3) is 0 Å². The van der Waals surface area contributed by atoms with Crippen LogP contribution in [0.2, 0.25) is 0 Å². The minimum atomic E-state index is -0.437. The number of likely N-dealkylation sites (N-methyl/N-ethyl adjacent to an activating group) is 1. The van der Waals surface area contributed by atoms with E-state index >= 15 is 0 Å². The summed E-state index contributed by atoms with van der Waals surface area (Å²) in [6, 6.07) is 5.56. The van der Waals surface area contributed by atoms with E-state index in [1.54, 1.807) is 18.0 Å². The van der Waals surface area contributed by atoms with Gasteiger partial charge in [0.05, 0.1) is 13.1 Å². The van der Waals surface area contributed by atoms with Gasteiger partial charge in [-0.1, -0.05) is 26.0 Å². The highest BCUT2D eigenvalue weighted by molar-refractivity contribution is 5.97. The summed E-state index contributed by atoms with van der Waals surface area (Å²) in [5, 5.41) is 2.78. The van der Waals surface area contributed by atoms with Gasteiger partial charge in [-0.05, 0) is 25.1 Å². The van der Waals surface area contributed by atoms with E-state index in [4.69, 9.17) is 0 Å². The first-order valence-corrected chi connectivity index (χ1v) is 6.62. The Labute approximate surface area is 119 Å². The molecular formula is C15H21FN2O2. The maximum Gasteiger partial charge on any atom is 0.234 e. The molecule has 0 radical (unpaired) electrons. The van der Waals surface area contributed by atoms with E-state index in [1.165, 1.54) is 18.2 Å². The Hall–Kier alpha value is -1.75. The molecule has 0 spiro atoms. The number of hydrogen-bond acceptors (Lipinski definition) is 3. The molecule has 0 heterocycles. The number of halogens is 1. The molecule has 1 aromatic carbocycles. The topological polar surface area (TPSA) is 49.4 Å². The number of carbonyl (C=O) groups is 2. The zero-order chi connectivity index (χ0) is 15.1. The van der Waals surface area contributed by atoms with Gasteiger partial charge in [0.1, 0.15) is 5.82 Å². The molecule has 4 nitrogen and oxygen atoms in total. The first-order chi connectivity index (χ1) is 9.38. The van der Waals surface area contributed by atoms with Gasteiger partial charge in [-0.2, -0.15) is 0 Å². The number of amides is 1. The lowest BCUT2D eigenvalue weighted by Gasteiger charge is -2.16. The van der Waals surface area contributed by atoms with Gasteiger partial charge in [-0.25, -0.2) is 4.39 Å². The normalized spacial score (nSPS) is 10.9. The summed E-state index contributed by atoms with van der Waals surface area (Å²) < 4.78 is 13.0. The Bertz CT molecular complexity index is 475. The van der Waals surface area contributed by atoms with Crippen molar-refractivity contribution < 1.29 is 14.0 Å². The molecule has 0 aliphatic rings. The Kier molecular flexibility index (Phi) is 6.31. The number of nitrogens with one attached hydrogen (secondary N) is 1. The highest BCUT2D eigenvalue weighted by Gasteiger charge is 2.12. The Balaban J connectivity index is 2.44. The van der Waals surface area contributed by atoms with Crippen LogP contribution in [0.25, 0.3) is 0 Å². The van der Waals surface area contributed by atoms with Crippen molar-refractivity contribution >= 4 is 11.7 Å². The number of ketones is 1. The highest BCUT2D eigenvalue weighted by atomic mass is 19.1. The molecule has 5 heteroatoms. The summed E-state index contributed by atoms with van der Waals surface area (Å²) in [5.41, 5.74) is 0.319. The summed E-state index contributed by atoms with van der Waals surface area (Å²) in [5.74, 6) is -0.372. The number of rotatable bonds is 7. The van der Waals surface area contributed by atoms with Crippen molar-refractivity contribution in [1.82, 2.24) is 10.2 Å². The van der Waals surface area contributed by atoms with Gasteiger partial charge in [0.2, 0.25) is 5.91 Å². The predicted molar refractivity (Wildman–Crippen MR) is 76.1 cm³/mol. The first kappa shape index (κ1) is 16.3. The van der Waals surface area contributed by atoms with Crippen LogP contribution >= 0.6 is 0 Å². The van der Waals surface area contributed by atoms with E-state index in [9.17, 15) is 14.0 Å². The van der Waals surface area contributed by atoms with Crippen LogP contribution in [0.1, 0.15) is 24.2 Å². The largest absolute Gasteiger partial charge is 0.355 e. The molecule has 20 heavy (non-hydrogen) atoms. The van der Waals surface area contributed by atoms with Gasteiger partial charge in [0, 0.05) is 12.1 Å². The summed E-state index contributed by atoms with van der Waals surface area (Å²) in [4.78, 5) is 25.1. The number of hydrogen-bond donors (Lipinski definition) is 1. The second kappa shape index (κ2) is 7.75. The molecule has 0 saturated carbocycles. The molecule has 1 amide bonds. The lowest BCUT2D eigenvalue weighted by atomic mass is 10.1. The van der Waals surface area contributed by atoms with Crippen LogP contribution in [0.3, 0.4) is 0 Å². The fourth-order valence-corrected chi connectivity index (χ4v) is 1.67. The average Bonchev–Trinajstić information content (AvgIpc) is 2.36. The van der Waals surface area contributed by atoms with E-state index in [-0.39, 0.29) is 24.8 Å². The molecule has 1 rings (SSSR count). The fraction of sp³-hybridized carbons (Fsp3) is 0.467. The molecule has 0 aliphatic carbocycles. The smallest absolute Gasteiger partial charge is 0.234 e. The zero-order valence-electron chi connectivity index (χ0n) is 12.1. The van der Waals surface area contributed by atoms with Gasteiger partial charge in [0.15, 0.2) is 5.78 Å². The van der Waals surface area contributed by atoms with E-state index in [0.717, 1.165) is 0 Å². The van der Waals surface area contributed by atoms with E-state index in [1.807, 2.05) is 13.8 Å². The Morgan fingerprint density at radius 1 is 1.30 bits per heavy atom. The summed E-state index contributed by atoms with van der Waals surface area (Å²) in [7, 11) is 1.69.